The molecule has 0 fully saturated rings. The molecule has 2 aromatic carbocycles. The van der Waals surface area contributed by atoms with Gasteiger partial charge < -0.3 is 15.2 Å². The molecule has 4 rings (SSSR count). The highest BCUT2D eigenvalue weighted by molar-refractivity contribution is 7.18. The van der Waals surface area contributed by atoms with Crippen molar-refractivity contribution in [2.45, 2.75) is 6.92 Å². The number of amides is 1. The number of H-pyrrole nitrogens is 1. The standard InChI is InChI=1S/C23H24N4OS/c1-15(14-27(2)3)23(28)24-17-10-8-16(9-11-17)20-12-13-21(29-20)22-25-18-6-4-5-7-19(18)26-22/h4-13,15H,14H2,1-3H3,(H,24,28)(H,25,26). The number of aromatic nitrogens is 2. The van der Waals surface area contributed by atoms with Gasteiger partial charge in [-0.3, -0.25) is 4.79 Å². The molecule has 6 heteroatoms. The number of aromatic amines is 1. The van der Waals surface area contributed by atoms with Crippen molar-refractivity contribution in [1.29, 1.82) is 0 Å². The van der Waals surface area contributed by atoms with Gasteiger partial charge in [0.1, 0.15) is 5.82 Å². The van der Waals surface area contributed by atoms with Crippen molar-refractivity contribution < 1.29 is 4.79 Å². The van der Waals surface area contributed by atoms with Gasteiger partial charge in [-0.25, -0.2) is 4.98 Å². The van der Waals surface area contributed by atoms with Gasteiger partial charge in [0.25, 0.3) is 0 Å². The van der Waals surface area contributed by atoms with Crippen molar-refractivity contribution in [3.63, 3.8) is 0 Å². The third-order valence-electron chi connectivity index (χ3n) is 4.75. The maximum atomic E-state index is 12.3. The molecule has 148 valence electrons. The number of hydrogen-bond donors (Lipinski definition) is 2. The number of nitrogens with zero attached hydrogens (tertiary/aromatic N) is 2. The van der Waals surface area contributed by atoms with E-state index in [2.05, 4.69) is 27.4 Å². The van der Waals surface area contributed by atoms with Gasteiger partial charge in [-0.1, -0.05) is 31.2 Å². The lowest BCUT2D eigenvalue weighted by molar-refractivity contribution is -0.119. The van der Waals surface area contributed by atoms with Crippen molar-refractivity contribution in [2.24, 2.45) is 5.92 Å². The Labute approximate surface area is 174 Å². The van der Waals surface area contributed by atoms with Gasteiger partial charge in [0.2, 0.25) is 5.91 Å². The van der Waals surface area contributed by atoms with Gasteiger partial charge in [0, 0.05) is 23.0 Å². The van der Waals surface area contributed by atoms with Crippen molar-refractivity contribution in [3.05, 3.63) is 60.7 Å². The first-order chi connectivity index (χ1) is 14.0. The Balaban J connectivity index is 1.48. The maximum absolute atomic E-state index is 12.3. The molecule has 0 aliphatic rings. The van der Waals surface area contributed by atoms with Crippen LogP contribution in [0, 0.1) is 5.92 Å². The van der Waals surface area contributed by atoms with E-state index < -0.39 is 0 Å². The molecule has 1 atom stereocenters. The van der Waals surface area contributed by atoms with E-state index in [4.69, 9.17) is 0 Å². The third kappa shape index (κ3) is 4.39. The third-order valence-corrected chi connectivity index (χ3v) is 5.89. The van der Waals surface area contributed by atoms with Gasteiger partial charge >= 0.3 is 0 Å². The van der Waals surface area contributed by atoms with E-state index in [1.165, 1.54) is 4.88 Å². The zero-order valence-electron chi connectivity index (χ0n) is 16.8. The summed E-state index contributed by atoms with van der Waals surface area (Å²) in [5, 5.41) is 2.99. The van der Waals surface area contributed by atoms with Crippen LogP contribution in [0.25, 0.3) is 32.2 Å². The van der Waals surface area contributed by atoms with E-state index in [1.54, 1.807) is 11.3 Å². The minimum atomic E-state index is -0.0617. The average Bonchev–Trinajstić information content (AvgIpc) is 3.35. The molecule has 1 unspecified atom stereocenters. The molecule has 1 amide bonds. The second-order valence-corrected chi connectivity index (χ2v) is 8.58. The highest BCUT2D eigenvalue weighted by Crippen LogP contribution is 2.34. The van der Waals surface area contributed by atoms with Crippen LogP contribution in [0.1, 0.15) is 6.92 Å². The van der Waals surface area contributed by atoms with Gasteiger partial charge in [-0.05, 0) is 56.1 Å². The molecule has 0 bridgehead atoms. The summed E-state index contributed by atoms with van der Waals surface area (Å²) < 4.78 is 0. The molecule has 0 radical (unpaired) electrons. The molecule has 0 aliphatic carbocycles. The minimum Gasteiger partial charge on any atom is -0.337 e. The van der Waals surface area contributed by atoms with E-state index >= 15 is 0 Å². The molecule has 2 aromatic heterocycles. The summed E-state index contributed by atoms with van der Waals surface area (Å²) in [5.41, 5.74) is 3.96. The predicted octanol–water partition coefficient (Wildman–Crippen LogP) is 5.09. The topological polar surface area (TPSA) is 61.0 Å². The van der Waals surface area contributed by atoms with E-state index in [0.29, 0.717) is 0 Å². The lowest BCUT2D eigenvalue weighted by Crippen LogP contribution is -2.29. The SMILES string of the molecule is CC(CN(C)C)C(=O)Nc1ccc(-c2ccc(-c3nc4ccccc4[nH]3)s2)cc1. The fraction of sp³-hybridized carbons (Fsp3) is 0.217. The Morgan fingerprint density at radius 1 is 1.07 bits per heavy atom. The van der Waals surface area contributed by atoms with Crippen molar-refractivity contribution >= 4 is 34.0 Å². The molecule has 2 heterocycles. The molecule has 29 heavy (non-hydrogen) atoms. The van der Waals surface area contributed by atoms with E-state index in [9.17, 15) is 4.79 Å². The molecular formula is C23H24N4OS. The second kappa shape index (κ2) is 8.19. The Bertz CT molecular complexity index is 1090. The molecule has 0 saturated heterocycles. The molecule has 5 nitrogen and oxygen atoms in total. The number of carbonyl (C=O) groups excluding carboxylic acids is 1. The summed E-state index contributed by atoms with van der Waals surface area (Å²) in [6, 6.07) is 20.2. The van der Waals surface area contributed by atoms with Crippen molar-refractivity contribution in [2.75, 3.05) is 26.0 Å². The number of thiophene rings is 1. The van der Waals surface area contributed by atoms with Crippen LogP contribution in [0.2, 0.25) is 0 Å². The number of fused-ring (bicyclic) bond motifs is 1. The summed E-state index contributed by atoms with van der Waals surface area (Å²) in [5.74, 6) is 0.865. The molecule has 2 N–H and O–H groups in total. The molecular weight excluding hydrogens is 380 g/mol. The molecule has 0 spiro atoms. The van der Waals surface area contributed by atoms with Crippen LogP contribution < -0.4 is 5.32 Å². The summed E-state index contributed by atoms with van der Waals surface area (Å²) in [7, 11) is 3.94. The molecule has 4 aromatic rings. The van der Waals surface area contributed by atoms with Crippen molar-refractivity contribution in [1.82, 2.24) is 14.9 Å². The Morgan fingerprint density at radius 2 is 1.79 bits per heavy atom. The minimum absolute atomic E-state index is 0.0368. The van der Waals surface area contributed by atoms with Crippen LogP contribution in [0.15, 0.2) is 60.7 Å². The van der Waals surface area contributed by atoms with E-state index in [0.717, 1.165) is 39.5 Å². The summed E-state index contributed by atoms with van der Waals surface area (Å²) in [6.45, 7) is 2.67. The number of benzene rings is 2. The Morgan fingerprint density at radius 3 is 2.52 bits per heavy atom. The largest absolute Gasteiger partial charge is 0.337 e. The summed E-state index contributed by atoms with van der Waals surface area (Å²) in [6.07, 6.45) is 0. The van der Waals surface area contributed by atoms with Crippen LogP contribution in [-0.2, 0) is 4.79 Å². The average molecular weight is 405 g/mol. The first kappa shape index (κ1) is 19.4. The van der Waals surface area contributed by atoms with Crippen molar-refractivity contribution in [3.8, 4) is 21.1 Å². The number of nitrogens with one attached hydrogen (secondary N) is 2. The number of imidazole rings is 1. The van der Waals surface area contributed by atoms with Crippen LogP contribution >= 0.6 is 11.3 Å². The van der Waals surface area contributed by atoms with Gasteiger partial charge in [0.15, 0.2) is 0 Å². The highest BCUT2D eigenvalue weighted by Gasteiger charge is 2.14. The number of carbonyl (C=O) groups is 1. The zero-order chi connectivity index (χ0) is 20.4. The monoisotopic (exact) mass is 404 g/mol. The summed E-state index contributed by atoms with van der Waals surface area (Å²) in [4.78, 5) is 24.6. The number of para-hydroxylation sites is 2. The lowest BCUT2D eigenvalue weighted by Gasteiger charge is -2.16. The summed E-state index contributed by atoms with van der Waals surface area (Å²) >= 11 is 1.70. The smallest absolute Gasteiger partial charge is 0.228 e. The fourth-order valence-electron chi connectivity index (χ4n) is 3.30. The van der Waals surface area contributed by atoms with Crippen LogP contribution in [-0.4, -0.2) is 41.4 Å². The Hall–Kier alpha value is -2.96. The fourth-order valence-corrected chi connectivity index (χ4v) is 4.26. The van der Waals surface area contributed by atoms with Gasteiger partial charge in [-0.15, -0.1) is 11.3 Å². The van der Waals surface area contributed by atoms with Gasteiger partial charge in [-0.2, -0.15) is 0 Å². The molecule has 0 aliphatic heterocycles. The Kier molecular flexibility index (Phi) is 5.47. The second-order valence-electron chi connectivity index (χ2n) is 7.50. The lowest BCUT2D eigenvalue weighted by atomic mass is 10.1. The molecule has 0 saturated carbocycles. The zero-order valence-corrected chi connectivity index (χ0v) is 17.6. The normalized spacial score (nSPS) is 12.4. The van der Waals surface area contributed by atoms with Crippen LogP contribution in [0.5, 0.6) is 0 Å². The van der Waals surface area contributed by atoms with Crippen LogP contribution in [0.3, 0.4) is 0 Å². The highest BCUT2D eigenvalue weighted by atomic mass is 32.1. The number of anilines is 1. The first-order valence-electron chi connectivity index (χ1n) is 9.60. The van der Waals surface area contributed by atoms with Gasteiger partial charge in [0.05, 0.1) is 15.9 Å². The van der Waals surface area contributed by atoms with E-state index in [1.807, 2.05) is 74.4 Å². The van der Waals surface area contributed by atoms with E-state index in [-0.39, 0.29) is 11.8 Å². The quantitative estimate of drug-likeness (QED) is 0.470. The van der Waals surface area contributed by atoms with Crippen LogP contribution in [0.4, 0.5) is 5.69 Å². The maximum Gasteiger partial charge on any atom is 0.228 e. The number of hydrogen-bond acceptors (Lipinski definition) is 4. The first-order valence-corrected chi connectivity index (χ1v) is 10.4. The number of rotatable bonds is 6. The predicted molar refractivity (Wildman–Crippen MR) is 121 cm³/mol.